The lowest BCUT2D eigenvalue weighted by molar-refractivity contribution is -0.138. The molecule has 5 rings (SSSR count). The van der Waals surface area contributed by atoms with Gasteiger partial charge in [0, 0.05) is 57.9 Å². The predicted octanol–water partition coefficient (Wildman–Crippen LogP) is 1.07. The van der Waals surface area contributed by atoms with Gasteiger partial charge in [-0.3, -0.25) is 14.6 Å². The van der Waals surface area contributed by atoms with Crippen LogP contribution < -0.4 is 15.4 Å². The predicted molar refractivity (Wildman–Crippen MR) is 123 cm³/mol. The van der Waals surface area contributed by atoms with Crippen molar-refractivity contribution in [3.8, 4) is 0 Å². The van der Waals surface area contributed by atoms with E-state index in [4.69, 9.17) is 4.74 Å². The second-order valence-corrected chi connectivity index (χ2v) is 8.56. The third-order valence-electron chi connectivity index (χ3n) is 6.25. The van der Waals surface area contributed by atoms with Crippen molar-refractivity contribution in [2.24, 2.45) is 0 Å². The summed E-state index contributed by atoms with van der Waals surface area (Å²) in [5.41, 5.74) is -0.963. The van der Waals surface area contributed by atoms with E-state index in [0.717, 1.165) is 12.4 Å². The molecule has 1 N–H and O–H groups in total. The summed E-state index contributed by atoms with van der Waals surface area (Å²) in [6.07, 6.45) is -1.59. The number of aromatic amines is 1. The third kappa shape index (κ3) is 4.94. The first kappa shape index (κ1) is 23.9. The van der Waals surface area contributed by atoms with Crippen LogP contribution in [0.2, 0.25) is 0 Å². The number of amides is 1. The van der Waals surface area contributed by atoms with Crippen molar-refractivity contribution in [2.45, 2.75) is 18.7 Å². The molecular weight excluding hydrogens is 481 g/mol. The van der Waals surface area contributed by atoms with E-state index in [9.17, 15) is 22.8 Å². The molecule has 2 aliphatic rings. The van der Waals surface area contributed by atoms with Gasteiger partial charge in [-0.25, -0.2) is 15.1 Å². The van der Waals surface area contributed by atoms with Gasteiger partial charge in [0.1, 0.15) is 5.52 Å². The first-order chi connectivity index (χ1) is 17.3. The van der Waals surface area contributed by atoms with E-state index in [-0.39, 0.29) is 29.9 Å². The Morgan fingerprint density at radius 1 is 1.08 bits per heavy atom. The van der Waals surface area contributed by atoms with Crippen LogP contribution in [0.15, 0.2) is 35.5 Å². The number of nitrogens with one attached hydrogen (secondary N) is 1. The van der Waals surface area contributed by atoms with Gasteiger partial charge in [0.2, 0.25) is 11.9 Å². The number of piperazine rings is 1. The molecule has 0 spiro atoms. The first-order valence-corrected chi connectivity index (χ1v) is 11.4. The van der Waals surface area contributed by atoms with Crippen molar-refractivity contribution in [2.75, 3.05) is 55.7 Å². The highest BCUT2D eigenvalue weighted by Crippen LogP contribution is 2.28. The molecule has 2 aliphatic heterocycles. The Hall–Kier alpha value is -3.81. The number of halogens is 3. The highest BCUT2D eigenvalue weighted by molar-refractivity contribution is 5.88. The molecule has 0 bridgehead atoms. The lowest BCUT2D eigenvalue weighted by Crippen LogP contribution is -2.51. The van der Waals surface area contributed by atoms with Gasteiger partial charge in [-0.2, -0.15) is 18.3 Å². The minimum absolute atomic E-state index is 0.0733. The fourth-order valence-corrected chi connectivity index (χ4v) is 4.37. The summed E-state index contributed by atoms with van der Waals surface area (Å²) in [7, 11) is 0. The van der Waals surface area contributed by atoms with Crippen molar-refractivity contribution in [1.82, 2.24) is 30.0 Å². The number of aromatic nitrogens is 5. The van der Waals surface area contributed by atoms with Crippen LogP contribution >= 0.6 is 0 Å². The maximum Gasteiger partial charge on any atom is 0.419 e. The average molecular weight is 504 g/mol. The van der Waals surface area contributed by atoms with Crippen LogP contribution in [0, 0.1) is 0 Å². The van der Waals surface area contributed by atoms with Gasteiger partial charge in [-0.15, -0.1) is 0 Å². The van der Waals surface area contributed by atoms with Crippen LogP contribution in [0.5, 0.6) is 0 Å². The SMILES string of the molecule is O=C(CC1CN(c2n[nH]c(=O)c3ncccc23)CCO1)N1CCN(c2ncc(C(F)(F)F)cn2)CC1. The van der Waals surface area contributed by atoms with E-state index in [1.165, 1.54) is 0 Å². The van der Waals surface area contributed by atoms with E-state index in [1.54, 1.807) is 28.1 Å². The number of anilines is 2. The fourth-order valence-electron chi connectivity index (χ4n) is 4.37. The Morgan fingerprint density at radius 2 is 1.83 bits per heavy atom. The summed E-state index contributed by atoms with van der Waals surface area (Å²) in [6.45, 7) is 3.01. The number of rotatable bonds is 4. The van der Waals surface area contributed by atoms with Crippen molar-refractivity contribution >= 4 is 28.6 Å². The highest BCUT2D eigenvalue weighted by Gasteiger charge is 2.32. The average Bonchev–Trinajstić information content (AvgIpc) is 2.89. The number of hydrogen-bond acceptors (Lipinski definition) is 9. The number of nitrogens with zero attached hydrogens (tertiary/aromatic N) is 7. The normalized spacial score (nSPS) is 19.1. The van der Waals surface area contributed by atoms with Gasteiger partial charge in [0.25, 0.3) is 5.56 Å². The fraction of sp³-hybridized carbons (Fsp3) is 0.455. The van der Waals surface area contributed by atoms with E-state index < -0.39 is 11.7 Å². The molecule has 5 heterocycles. The lowest BCUT2D eigenvalue weighted by Gasteiger charge is -2.37. The van der Waals surface area contributed by atoms with E-state index in [1.807, 2.05) is 4.90 Å². The zero-order valence-electron chi connectivity index (χ0n) is 19.1. The number of hydrogen-bond donors (Lipinski definition) is 1. The summed E-state index contributed by atoms with van der Waals surface area (Å²) in [4.78, 5) is 42.2. The van der Waals surface area contributed by atoms with Gasteiger partial charge >= 0.3 is 6.18 Å². The molecule has 0 radical (unpaired) electrons. The summed E-state index contributed by atoms with van der Waals surface area (Å²) in [5, 5.41) is 7.32. The number of alkyl halides is 3. The molecule has 0 saturated carbocycles. The van der Waals surface area contributed by atoms with Gasteiger partial charge < -0.3 is 19.4 Å². The summed E-state index contributed by atoms with van der Waals surface area (Å²) >= 11 is 0. The topological polar surface area (TPSA) is 120 Å². The Bertz CT molecular complexity index is 1290. The zero-order chi connectivity index (χ0) is 25.3. The van der Waals surface area contributed by atoms with Crippen molar-refractivity contribution in [3.63, 3.8) is 0 Å². The van der Waals surface area contributed by atoms with Gasteiger partial charge in [0.05, 0.1) is 30.1 Å². The van der Waals surface area contributed by atoms with Crippen LogP contribution in [0.3, 0.4) is 0 Å². The largest absolute Gasteiger partial charge is 0.419 e. The number of pyridine rings is 1. The van der Waals surface area contributed by atoms with Crippen molar-refractivity contribution in [1.29, 1.82) is 0 Å². The lowest BCUT2D eigenvalue weighted by atomic mass is 10.1. The summed E-state index contributed by atoms with van der Waals surface area (Å²) < 4.78 is 44.0. The molecule has 14 heteroatoms. The number of ether oxygens (including phenoxy) is 1. The molecule has 1 unspecified atom stereocenters. The van der Waals surface area contributed by atoms with Crippen LogP contribution in [0.4, 0.5) is 24.9 Å². The molecule has 0 aliphatic carbocycles. The molecule has 2 fully saturated rings. The van der Waals surface area contributed by atoms with Crippen molar-refractivity contribution < 1.29 is 22.7 Å². The van der Waals surface area contributed by atoms with Crippen molar-refractivity contribution in [3.05, 3.63) is 46.6 Å². The quantitative estimate of drug-likeness (QED) is 0.556. The zero-order valence-corrected chi connectivity index (χ0v) is 19.1. The van der Waals surface area contributed by atoms with Crippen LogP contribution in [0.1, 0.15) is 12.0 Å². The first-order valence-electron chi connectivity index (χ1n) is 11.4. The molecule has 3 aromatic rings. The number of carbonyl (C=O) groups excluding carboxylic acids is 1. The Balaban J connectivity index is 1.18. The maximum atomic E-state index is 12.9. The maximum absolute atomic E-state index is 12.9. The summed E-state index contributed by atoms with van der Waals surface area (Å²) in [6, 6.07) is 3.53. The minimum atomic E-state index is -4.49. The second-order valence-electron chi connectivity index (χ2n) is 8.56. The molecule has 36 heavy (non-hydrogen) atoms. The number of H-pyrrole nitrogens is 1. The molecule has 2 saturated heterocycles. The molecule has 11 nitrogen and oxygen atoms in total. The molecule has 0 aromatic carbocycles. The monoisotopic (exact) mass is 504 g/mol. The smallest absolute Gasteiger partial charge is 0.374 e. The van der Waals surface area contributed by atoms with Crippen LogP contribution in [0.25, 0.3) is 10.9 Å². The molecule has 3 aromatic heterocycles. The Labute approximate surface area is 202 Å². The minimum Gasteiger partial charge on any atom is -0.374 e. The Morgan fingerprint density at radius 3 is 2.56 bits per heavy atom. The number of morpholine rings is 1. The van der Waals surface area contributed by atoms with Gasteiger partial charge in [-0.1, -0.05) is 0 Å². The molecular formula is C22H23F3N8O3. The number of fused-ring (bicyclic) bond motifs is 1. The third-order valence-corrected chi connectivity index (χ3v) is 6.25. The highest BCUT2D eigenvalue weighted by atomic mass is 19.4. The van der Waals surface area contributed by atoms with Crippen LogP contribution in [-0.2, 0) is 15.7 Å². The molecule has 190 valence electrons. The van der Waals surface area contributed by atoms with Crippen LogP contribution in [-0.4, -0.2) is 87.9 Å². The van der Waals surface area contributed by atoms with Gasteiger partial charge in [0.15, 0.2) is 5.82 Å². The summed E-state index contributed by atoms with van der Waals surface area (Å²) in [5.74, 6) is 0.718. The van der Waals surface area contributed by atoms with E-state index in [2.05, 4.69) is 25.1 Å². The second kappa shape index (κ2) is 9.68. The Kier molecular flexibility index (Phi) is 6.43. The molecule has 1 atom stereocenters. The number of carbonyl (C=O) groups is 1. The van der Waals surface area contributed by atoms with E-state index in [0.29, 0.717) is 62.6 Å². The van der Waals surface area contributed by atoms with E-state index >= 15 is 0 Å². The standard InChI is InChI=1S/C22H23F3N8O3/c23-22(24,25)14-11-27-21(28-12-14)32-6-4-31(5-7-32)17(34)10-15-13-33(8-9-36-15)19-16-2-1-3-26-18(16)20(35)30-29-19/h1-3,11-12,15H,4-10,13H2,(H,30,35). The molecule has 1 amide bonds. The van der Waals surface area contributed by atoms with Gasteiger partial charge in [-0.05, 0) is 12.1 Å².